The third-order valence-corrected chi connectivity index (χ3v) is 8.67. The lowest BCUT2D eigenvalue weighted by molar-refractivity contribution is -0.129. The first-order valence-corrected chi connectivity index (χ1v) is 13.7. The van der Waals surface area contributed by atoms with Crippen molar-refractivity contribution in [2.75, 3.05) is 44.3 Å². The van der Waals surface area contributed by atoms with Crippen molar-refractivity contribution in [3.63, 3.8) is 0 Å². The van der Waals surface area contributed by atoms with Crippen LogP contribution >= 0.6 is 0 Å². The molecule has 0 bridgehead atoms. The molecule has 0 unspecified atom stereocenters. The highest BCUT2D eigenvalue weighted by Crippen LogP contribution is 2.42. The van der Waals surface area contributed by atoms with Gasteiger partial charge in [-0.15, -0.1) is 0 Å². The molecule has 2 aromatic rings. The van der Waals surface area contributed by atoms with Crippen molar-refractivity contribution in [3.05, 3.63) is 40.1 Å². The number of hydrogen-bond acceptors (Lipinski definition) is 5. The first kappa shape index (κ1) is 23.0. The van der Waals surface area contributed by atoms with Crippen molar-refractivity contribution in [3.8, 4) is 0 Å². The summed E-state index contributed by atoms with van der Waals surface area (Å²) < 4.78 is 7.98. The van der Waals surface area contributed by atoms with E-state index in [0.29, 0.717) is 18.5 Å². The number of amides is 1. The van der Waals surface area contributed by atoms with Gasteiger partial charge in [-0.1, -0.05) is 6.07 Å². The molecular formula is C28H39N5O2. The van der Waals surface area contributed by atoms with Crippen LogP contribution in [-0.4, -0.2) is 60.0 Å². The number of rotatable bonds is 3. The van der Waals surface area contributed by atoms with Crippen LogP contribution in [0.15, 0.2) is 12.1 Å². The summed E-state index contributed by atoms with van der Waals surface area (Å²) >= 11 is 0. The number of aromatic nitrogens is 2. The normalized spacial score (nSPS) is 21.7. The topological polar surface area (TPSA) is 62.6 Å². The van der Waals surface area contributed by atoms with Crippen molar-refractivity contribution >= 4 is 17.4 Å². The number of ether oxygens (including phenoxy) is 1. The summed E-state index contributed by atoms with van der Waals surface area (Å²) in [6, 6.07) is 5.36. The molecule has 7 heteroatoms. The number of nitrogens with zero attached hydrogens (tertiary/aromatic N) is 4. The van der Waals surface area contributed by atoms with E-state index in [0.717, 1.165) is 90.2 Å². The fourth-order valence-corrected chi connectivity index (χ4v) is 6.69. The Morgan fingerprint density at radius 3 is 2.66 bits per heavy atom. The molecule has 0 radical (unpaired) electrons. The summed E-state index contributed by atoms with van der Waals surface area (Å²) in [6.07, 6.45) is 7.64. The lowest BCUT2D eigenvalue weighted by Gasteiger charge is -2.34. The molecule has 0 aliphatic carbocycles. The zero-order valence-electron chi connectivity index (χ0n) is 21.3. The van der Waals surface area contributed by atoms with Crippen LogP contribution in [0.2, 0.25) is 0 Å². The molecule has 188 valence electrons. The van der Waals surface area contributed by atoms with Crippen LogP contribution in [0.5, 0.6) is 0 Å². The molecule has 4 aliphatic rings. The number of nitrogens with one attached hydrogen (secondary N) is 1. The van der Waals surface area contributed by atoms with Crippen molar-refractivity contribution in [1.29, 1.82) is 0 Å². The van der Waals surface area contributed by atoms with Gasteiger partial charge < -0.3 is 19.9 Å². The Labute approximate surface area is 208 Å². The van der Waals surface area contributed by atoms with Gasteiger partial charge in [-0.3, -0.25) is 9.48 Å². The van der Waals surface area contributed by atoms with Crippen LogP contribution in [0, 0.1) is 6.92 Å². The van der Waals surface area contributed by atoms with Gasteiger partial charge in [0.15, 0.2) is 5.82 Å². The summed E-state index contributed by atoms with van der Waals surface area (Å²) in [5.74, 6) is 1.86. The molecule has 0 saturated carbocycles. The molecule has 1 aromatic carbocycles. The largest absolute Gasteiger partial charge is 0.381 e. The molecule has 5 heterocycles. The zero-order chi connectivity index (χ0) is 23.9. The number of piperidine rings is 1. The van der Waals surface area contributed by atoms with Crippen LogP contribution < -0.4 is 10.2 Å². The monoisotopic (exact) mass is 477 g/mol. The first-order chi connectivity index (χ1) is 17.1. The highest BCUT2D eigenvalue weighted by molar-refractivity contribution is 5.75. The molecule has 1 amide bonds. The molecule has 7 nitrogen and oxygen atoms in total. The Bertz CT molecular complexity index is 1100. The molecule has 35 heavy (non-hydrogen) atoms. The van der Waals surface area contributed by atoms with Crippen molar-refractivity contribution in [1.82, 2.24) is 20.0 Å². The van der Waals surface area contributed by atoms with E-state index in [9.17, 15) is 4.79 Å². The molecule has 1 N–H and O–H groups in total. The second-order valence-electron chi connectivity index (χ2n) is 10.8. The molecular weight excluding hydrogens is 438 g/mol. The van der Waals surface area contributed by atoms with E-state index in [1.165, 1.54) is 33.6 Å². The maximum Gasteiger partial charge on any atom is 0.219 e. The van der Waals surface area contributed by atoms with Gasteiger partial charge in [-0.25, -0.2) is 0 Å². The van der Waals surface area contributed by atoms with E-state index >= 15 is 0 Å². The summed E-state index contributed by atoms with van der Waals surface area (Å²) in [5.41, 5.74) is 8.30. The molecule has 0 spiro atoms. The van der Waals surface area contributed by atoms with E-state index in [-0.39, 0.29) is 5.91 Å². The van der Waals surface area contributed by atoms with Crippen molar-refractivity contribution < 1.29 is 9.53 Å². The van der Waals surface area contributed by atoms with Crippen LogP contribution in [0.1, 0.15) is 78.9 Å². The quantitative estimate of drug-likeness (QED) is 0.724. The summed E-state index contributed by atoms with van der Waals surface area (Å²) in [7, 11) is 0. The van der Waals surface area contributed by atoms with Gasteiger partial charge in [0.25, 0.3) is 0 Å². The predicted octanol–water partition coefficient (Wildman–Crippen LogP) is 4.00. The van der Waals surface area contributed by atoms with Gasteiger partial charge >= 0.3 is 0 Å². The number of aryl methyl sites for hydroxylation is 2. The molecule has 0 atom stereocenters. The van der Waals surface area contributed by atoms with E-state index in [1.807, 2.05) is 4.90 Å². The van der Waals surface area contributed by atoms with E-state index in [2.05, 4.69) is 34.0 Å². The van der Waals surface area contributed by atoms with Gasteiger partial charge in [-0.2, -0.15) is 5.10 Å². The Balaban J connectivity index is 1.40. The maximum atomic E-state index is 12.3. The lowest BCUT2D eigenvalue weighted by Crippen LogP contribution is -2.36. The summed E-state index contributed by atoms with van der Waals surface area (Å²) in [4.78, 5) is 16.8. The minimum absolute atomic E-state index is 0.159. The lowest BCUT2D eigenvalue weighted by atomic mass is 9.85. The van der Waals surface area contributed by atoms with Crippen LogP contribution in [0.3, 0.4) is 0 Å². The zero-order valence-corrected chi connectivity index (χ0v) is 21.3. The van der Waals surface area contributed by atoms with Crippen LogP contribution in [0.25, 0.3) is 0 Å². The van der Waals surface area contributed by atoms with Crippen LogP contribution in [0.4, 0.5) is 11.5 Å². The number of hydrogen-bond donors (Lipinski definition) is 1. The van der Waals surface area contributed by atoms with Crippen molar-refractivity contribution in [2.45, 2.75) is 77.3 Å². The van der Waals surface area contributed by atoms with Gasteiger partial charge in [0.1, 0.15) is 0 Å². The van der Waals surface area contributed by atoms with E-state index in [4.69, 9.17) is 9.84 Å². The Morgan fingerprint density at radius 1 is 1.09 bits per heavy atom. The third kappa shape index (κ3) is 4.27. The summed E-state index contributed by atoms with van der Waals surface area (Å²) in [5, 5.41) is 8.83. The summed E-state index contributed by atoms with van der Waals surface area (Å²) in [6.45, 7) is 10.3. The Hall–Kier alpha value is -2.38. The highest BCUT2D eigenvalue weighted by Gasteiger charge is 2.33. The minimum Gasteiger partial charge on any atom is -0.381 e. The number of carbonyl (C=O) groups excluding carboxylic acids is 1. The maximum absolute atomic E-state index is 12.3. The number of fused-ring (bicyclic) bond motifs is 2. The molecule has 4 aliphatic heterocycles. The fraction of sp³-hybridized carbons (Fsp3) is 0.643. The molecule has 1 aromatic heterocycles. The van der Waals surface area contributed by atoms with E-state index < -0.39 is 0 Å². The van der Waals surface area contributed by atoms with Gasteiger partial charge in [0, 0.05) is 56.6 Å². The molecule has 2 saturated heterocycles. The smallest absolute Gasteiger partial charge is 0.219 e. The second kappa shape index (κ2) is 9.58. The fourth-order valence-electron chi connectivity index (χ4n) is 6.69. The van der Waals surface area contributed by atoms with E-state index in [1.54, 1.807) is 6.92 Å². The number of benzene rings is 1. The third-order valence-electron chi connectivity index (χ3n) is 8.67. The second-order valence-corrected chi connectivity index (χ2v) is 10.8. The van der Waals surface area contributed by atoms with Gasteiger partial charge in [0.2, 0.25) is 5.91 Å². The van der Waals surface area contributed by atoms with Gasteiger partial charge in [-0.05, 0) is 87.2 Å². The number of carbonyl (C=O) groups is 1. The van der Waals surface area contributed by atoms with Gasteiger partial charge in [0.05, 0.1) is 12.6 Å². The Kier molecular flexibility index (Phi) is 6.31. The number of anilines is 2. The minimum atomic E-state index is 0.159. The average molecular weight is 478 g/mol. The first-order valence-electron chi connectivity index (χ1n) is 13.7. The van der Waals surface area contributed by atoms with Crippen LogP contribution in [-0.2, 0) is 28.9 Å². The average Bonchev–Trinajstić information content (AvgIpc) is 3.28. The molecule has 2 fully saturated rings. The highest BCUT2D eigenvalue weighted by atomic mass is 16.5. The predicted molar refractivity (Wildman–Crippen MR) is 137 cm³/mol. The standard InChI is InChI=1S/C28H39N5O2/c1-19-16-27-22(17-24(19)21-8-14-35-15-9-21)4-3-12-32(27)28-25-18-31(20(2)34)13-7-26(25)33(30-28)23-5-10-29-11-6-23/h16-17,21,23,29H,3-15,18H2,1-2H3. The molecule has 6 rings (SSSR count). The van der Waals surface area contributed by atoms with Crippen molar-refractivity contribution in [2.24, 2.45) is 0 Å². The Morgan fingerprint density at radius 2 is 1.89 bits per heavy atom. The SMILES string of the molecule is CC(=O)N1CCc2c(c(N3CCCc4cc(C5CCOCC5)c(C)cc43)nn2C2CCNCC2)C1.